The number of benzene rings is 2. The molecular formula is C14H13BrOS. The Morgan fingerprint density at radius 3 is 2.59 bits per heavy atom. The van der Waals surface area contributed by atoms with Gasteiger partial charge in [0.25, 0.3) is 0 Å². The van der Waals surface area contributed by atoms with E-state index < -0.39 is 0 Å². The van der Waals surface area contributed by atoms with Crippen molar-refractivity contribution in [3.8, 4) is 5.75 Å². The van der Waals surface area contributed by atoms with Crippen molar-refractivity contribution in [2.24, 2.45) is 0 Å². The summed E-state index contributed by atoms with van der Waals surface area (Å²) >= 11 is 5.30. The molecule has 2 aromatic rings. The van der Waals surface area contributed by atoms with Crippen LogP contribution in [0.5, 0.6) is 5.75 Å². The van der Waals surface area contributed by atoms with Crippen molar-refractivity contribution in [3.05, 3.63) is 58.6 Å². The standard InChI is InChI=1S/C14H13BrOS/c1-16-14-8-7-12(15)9-11(14)10-17-13-5-3-2-4-6-13/h2-9H,10H2,1H3. The maximum atomic E-state index is 5.35. The smallest absolute Gasteiger partial charge is 0.122 e. The van der Waals surface area contributed by atoms with Gasteiger partial charge in [0.1, 0.15) is 5.75 Å². The van der Waals surface area contributed by atoms with Gasteiger partial charge >= 0.3 is 0 Å². The molecule has 0 atom stereocenters. The topological polar surface area (TPSA) is 9.23 Å². The average molecular weight is 309 g/mol. The van der Waals surface area contributed by atoms with Gasteiger partial charge in [-0.05, 0) is 30.3 Å². The zero-order valence-corrected chi connectivity index (χ0v) is 11.9. The summed E-state index contributed by atoms with van der Waals surface area (Å²) in [5.74, 6) is 1.85. The highest BCUT2D eigenvalue weighted by Gasteiger charge is 2.04. The summed E-state index contributed by atoms with van der Waals surface area (Å²) in [5, 5.41) is 0. The first-order chi connectivity index (χ1) is 8.29. The summed E-state index contributed by atoms with van der Waals surface area (Å²) in [6.45, 7) is 0. The molecule has 0 aliphatic carbocycles. The van der Waals surface area contributed by atoms with Gasteiger partial charge in [0, 0.05) is 20.7 Å². The Labute approximate surface area is 114 Å². The second-order valence-electron chi connectivity index (χ2n) is 3.56. The first-order valence-corrected chi connectivity index (χ1v) is 7.08. The molecule has 0 heterocycles. The molecule has 3 heteroatoms. The molecule has 2 aromatic carbocycles. The largest absolute Gasteiger partial charge is 0.496 e. The molecule has 0 amide bonds. The minimum Gasteiger partial charge on any atom is -0.496 e. The van der Waals surface area contributed by atoms with Gasteiger partial charge in [0.15, 0.2) is 0 Å². The van der Waals surface area contributed by atoms with E-state index in [1.54, 1.807) is 7.11 Å². The van der Waals surface area contributed by atoms with Crippen LogP contribution in [0.2, 0.25) is 0 Å². The summed E-state index contributed by atoms with van der Waals surface area (Å²) in [6.07, 6.45) is 0. The maximum absolute atomic E-state index is 5.35. The van der Waals surface area contributed by atoms with Crippen LogP contribution in [-0.2, 0) is 5.75 Å². The van der Waals surface area contributed by atoms with E-state index in [1.165, 1.54) is 10.5 Å². The average Bonchev–Trinajstić information content (AvgIpc) is 2.38. The van der Waals surface area contributed by atoms with Crippen LogP contribution in [0, 0.1) is 0 Å². The Balaban J connectivity index is 2.11. The Hall–Kier alpha value is -0.930. The van der Waals surface area contributed by atoms with Crippen LogP contribution in [0.15, 0.2) is 57.9 Å². The molecule has 0 aliphatic rings. The molecular weight excluding hydrogens is 296 g/mol. The monoisotopic (exact) mass is 308 g/mol. The Morgan fingerprint density at radius 1 is 1.12 bits per heavy atom. The Kier molecular flexibility index (Phi) is 4.51. The lowest BCUT2D eigenvalue weighted by atomic mass is 10.2. The third-order valence-corrected chi connectivity index (χ3v) is 3.93. The lowest BCUT2D eigenvalue weighted by Crippen LogP contribution is -1.90. The molecule has 2 rings (SSSR count). The van der Waals surface area contributed by atoms with E-state index in [1.807, 2.05) is 30.0 Å². The van der Waals surface area contributed by atoms with Gasteiger partial charge in [-0.2, -0.15) is 0 Å². The fourth-order valence-corrected chi connectivity index (χ4v) is 2.84. The third kappa shape index (κ3) is 3.51. The quantitative estimate of drug-likeness (QED) is 0.754. The number of hydrogen-bond donors (Lipinski definition) is 0. The van der Waals surface area contributed by atoms with Crippen molar-refractivity contribution < 1.29 is 4.74 Å². The van der Waals surface area contributed by atoms with E-state index in [0.717, 1.165) is 16.0 Å². The predicted molar refractivity (Wildman–Crippen MR) is 76.7 cm³/mol. The number of ether oxygens (including phenoxy) is 1. The first kappa shape index (κ1) is 12.5. The van der Waals surface area contributed by atoms with Crippen molar-refractivity contribution in [3.63, 3.8) is 0 Å². The molecule has 0 N–H and O–H groups in total. The van der Waals surface area contributed by atoms with Gasteiger partial charge in [-0.1, -0.05) is 34.1 Å². The van der Waals surface area contributed by atoms with E-state index >= 15 is 0 Å². The molecule has 0 aromatic heterocycles. The van der Waals surface area contributed by atoms with Gasteiger partial charge in [-0.15, -0.1) is 11.8 Å². The van der Waals surface area contributed by atoms with E-state index in [0.29, 0.717) is 0 Å². The second-order valence-corrected chi connectivity index (χ2v) is 5.52. The summed E-state index contributed by atoms with van der Waals surface area (Å²) in [6, 6.07) is 16.5. The highest BCUT2D eigenvalue weighted by molar-refractivity contribution is 9.10. The molecule has 0 radical (unpaired) electrons. The second kappa shape index (κ2) is 6.12. The van der Waals surface area contributed by atoms with Crippen LogP contribution >= 0.6 is 27.7 Å². The summed E-state index contributed by atoms with van der Waals surface area (Å²) < 4.78 is 6.44. The van der Waals surface area contributed by atoms with E-state index in [-0.39, 0.29) is 0 Å². The summed E-state index contributed by atoms with van der Waals surface area (Å²) in [7, 11) is 1.71. The molecule has 17 heavy (non-hydrogen) atoms. The molecule has 0 aliphatic heterocycles. The van der Waals surface area contributed by atoms with Crippen molar-refractivity contribution in [2.75, 3.05) is 7.11 Å². The highest BCUT2D eigenvalue weighted by Crippen LogP contribution is 2.29. The van der Waals surface area contributed by atoms with Crippen LogP contribution in [0.25, 0.3) is 0 Å². The van der Waals surface area contributed by atoms with Crippen molar-refractivity contribution in [2.45, 2.75) is 10.6 Å². The molecule has 0 spiro atoms. The molecule has 0 bridgehead atoms. The van der Waals surface area contributed by atoms with Gasteiger partial charge in [0.05, 0.1) is 7.11 Å². The van der Waals surface area contributed by atoms with Crippen LogP contribution < -0.4 is 4.74 Å². The minimum atomic E-state index is 0.909. The normalized spacial score (nSPS) is 10.2. The molecule has 0 saturated heterocycles. The summed E-state index contributed by atoms with van der Waals surface area (Å²) in [5.41, 5.74) is 1.20. The van der Waals surface area contributed by atoms with Gasteiger partial charge in [-0.3, -0.25) is 0 Å². The third-order valence-electron chi connectivity index (χ3n) is 2.38. The molecule has 1 nitrogen and oxygen atoms in total. The predicted octanol–water partition coefficient (Wildman–Crippen LogP) is 4.75. The van der Waals surface area contributed by atoms with Gasteiger partial charge < -0.3 is 4.74 Å². The lowest BCUT2D eigenvalue weighted by Gasteiger charge is -2.08. The Bertz CT molecular complexity index is 485. The number of rotatable bonds is 4. The zero-order valence-electron chi connectivity index (χ0n) is 9.52. The van der Waals surface area contributed by atoms with Gasteiger partial charge in [0.2, 0.25) is 0 Å². The fraction of sp³-hybridized carbons (Fsp3) is 0.143. The van der Waals surface area contributed by atoms with Crippen LogP contribution in [-0.4, -0.2) is 7.11 Å². The number of thioether (sulfide) groups is 1. The maximum Gasteiger partial charge on any atom is 0.122 e. The molecule has 0 unspecified atom stereocenters. The van der Waals surface area contributed by atoms with E-state index in [4.69, 9.17) is 4.74 Å². The van der Waals surface area contributed by atoms with Gasteiger partial charge in [-0.25, -0.2) is 0 Å². The van der Waals surface area contributed by atoms with Crippen molar-refractivity contribution >= 4 is 27.7 Å². The molecule has 88 valence electrons. The Morgan fingerprint density at radius 2 is 1.88 bits per heavy atom. The van der Waals surface area contributed by atoms with Crippen LogP contribution in [0.4, 0.5) is 0 Å². The minimum absolute atomic E-state index is 0.909. The number of hydrogen-bond acceptors (Lipinski definition) is 2. The molecule has 0 fully saturated rings. The fourth-order valence-electron chi connectivity index (χ4n) is 1.54. The SMILES string of the molecule is COc1ccc(Br)cc1CSc1ccccc1. The van der Waals surface area contributed by atoms with E-state index in [2.05, 4.69) is 46.3 Å². The highest BCUT2D eigenvalue weighted by atomic mass is 79.9. The summed E-state index contributed by atoms with van der Waals surface area (Å²) in [4.78, 5) is 1.27. The first-order valence-electron chi connectivity index (χ1n) is 5.30. The van der Waals surface area contributed by atoms with Crippen LogP contribution in [0.1, 0.15) is 5.56 Å². The van der Waals surface area contributed by atoms with Crippen molar-refractivity contribution in [1.29, 1.82) is 0 Å². The van der Waals surface area contributed by atoms with Crippen LogP contribution in [0.3, 0.4) is 0 Å². The molecule has 0 saturated carbocycles. The number of halogens is 1. The van der Waals surface area contributed by atoms with Crippen molar-refractivity contribution in [1.82, 2.24) is 0 Å². The zero-order chi connectivity index (χ0) is 12.1. The number of methoxy groups -OCH3 is 1. The van der Waals surface area contributed by atoms with E-state index in [9.17, 15) is 0 Å². The lowest BCUT2D eigenvalue weighted by molar-refractivity contribution is 0.411.